The fourth-order valence-corrected chi connectivity index (χ4v) is 3.48. The molecular weight excluding hydrogens is 410 g/mol. The van der Waals surface area contributed by atoms with E-state index in [1.165, 1.54) is 17.0 Å². The Labute approximate surface area is 169 Å². The second-order valence-electron chi connectivity index (χ2n) is 7.34. The van der Waals surface area contributed by atoms with Crippen molar-refractivity contribution in [3.05, 3.63) is 59.2 Å². The first-order valence-electron chi connectivity index (χ1n) is 9.32. The van der Waals surface area contributed by atoms with Crippen LogP contribution in [0, 0.1) is 0 Å². The maximum absolute atomic E-state index is 13.1. The molecule has 1 aliphatic rings. The molecule has 1 aliphatic heterocycles. The van der Waals surface area contributed by atoms with E-state index in [9.17, 15) is 31.1 Å². The van der Waals surface area contributed by atoms with E-state index < -0.39 is 23.5 Å². The van der Waals surface area contributed by atoms with Gasteiger partial charge in [0.1, 0.15) is 0 Å². The van der Waals surface area contributed by atoms with Gasteiger partial charge in [-0.1, -0.05) is 18.2 Å². The number of nitrogens with zero attached hydrogens (tertiary/aromatic N) is 1. The summed E-state index contributed by atoms with van der Waals surface area (Å²) in [4.78, 5) is 13.9. The Morgan fingerprint density at radius 1 is 1.00 bits per heavy atom. The normalized spacial score (nSPS) is 17.2. The fourth-order valence-electron chi connectivity index (χ4n) is 3.48. The molecule has 9 heteroatoms. The molecule has 3 rings (SSSR count). The molecule has 2 aromatic carbocycles. The lowest BCUT2D eigenvalue weighted by Crippen LogP contribution is -2.41. The Kier molecular flexibility index (Phi) is 6.12. The third-order valence-electron chi connectivity index (χ3n) is 5.00. The van der Waals surface area contributed by atoms with Gasteiger partial charge in [0, 0.05) is 13.6 Å². The number of alkyl halides is 6. The summed E-state index contributed by atoms with van der Waals surface area (Å²) >= 11 is 0. The standard InChI is InChI=1S/C21H20F6N2O/c1-29(19(30)18-6-3-7-28-18)12-13-4-2-5-14(8-13)15-9-16(20(22,23)24)11-17(10-15)21(25,26)27/h2,4-5,8-11,18,28H,3,6-7,12H2,1H3/t18-/m0/s1. The van der Waals surface area contributed by atoms with Crippen molar-refractivity contribution in [2.24, 2.45) is 0 Å². The zero-order valence-corrected chi connectivity index (χ0v) is 16.1. The summed E-state index contributed by atoms with van der Waals surface area (Å²) in [6.45, 7) is 0.951. The number of carbonyl (C=O) groups is 1. The molecule has 1 atom stereocenters. The van der Waals surface area contributed by atoms with Crippen LogP contribution in [0.15, 0.2) is 42.5 Å². The monoisotopic (exact) mass is 430 g/mol. The minimum Gasteiger partial charge on any atom is -0.340 e. The maximum atomic E-state index is 13.1. The average Bonchev–Trinajstić information content (AvgIpc) is 3.20. The Hall–Kier alpha value is -2.55. The molecule has 0 aromatic heterocycles. The first-order chi connectivity index (χ1) is 13.9. The predicted molar refractivity (Wildman–Crippen MR) is 99.4 cm³/mol. The van der Waals surface area contributed by atoms with E-state index in [1.54, 1.807) is 19.2 Å². The minimum atomic E-state index is -4.91. The van der Waals surface area contributed by atoms with Crippen LogP contribution < -0.4 is 5.32 Å². The molecule has 0 bridgehead atoms. The maximum Gasteiger partial charge on any atom is 0.416 e. The Balaban J connectivity index is 1.90. The number of nitrogens with one attached hydrogen (secondary N) is 1. The summed E-state index contributed by atoms with van der Waals surface area (Å²) < 4.78 is 78.7. The van der Waals surface area contributed by atoms with Crippen LogP contribution in [0.1, 0.15) is 29.5 Å². The molecule has 1 N–H and O–H groups in total. The Morgan fingerprint density at radius 3 is 2.17 bits per heavy atom. The summed E-state index contributed by atoms with van der Waals surface area (Å²) in [5, 5.41) is 3.10. The molecule has 0 saturated carbocycles. The molecule has 1 saturated heterocycles. The number of amides is 1. The second kappa shape index (κ2) is 8.29. The minimum absolute atomic E-state index is 0.101. The van der Waals surface area contributed by atoms with Crippen molar-refractivity contribution in [1.29, 1.82) is 0 Å². The van der Waals surface area contributed by atoms with Crippen LogP contribution >= 0.6 is 0 Å². The van der Waals surface area contributed by atoms with Crippen molar-refractivity contribution >= 4 is 5.91 Å². The fraction of sp³-hybridized carbons (Fsp3) is 0.381. The van der Waals surface area contributed by atoms with Gasteiger partial charge in [-0.25, -0.2) is 0 Å². The van der Waals surface area contributed by atoms with E-state index in [4.69, 9.17) is 0 Å². The number of carbonyl (C=O) groups excluding carboxylic acids is 1. The largest absolute Gasteiger partial charge is 0.416 e. The first kappa shape index (κ1) is 22.1. The van der Waals surface area contributed by atoms with Crippen molar-refractivity contribution in [1.82, 2.24) is 10.2 Å². The Bertz CT molecular complexity index is 884. The Morgan fingerprint density at radius 2 is 1.63 bits per heavy atom. The summed E-state index contributed by atoms with van der Waals surface area (Å²) in [7, 11) is 1.61. The third kappa shape index (κ3) is 5.13. The van der Waals surface area contributed by atoms with Gasteiger partial charge in [0.2, 0.25) is 5.91 Å². The van der Waals surface area contributed by atoms with Gasteiger partial charge in [0.15, 0.2) is 0 Å². The molecule has 1 amide bonds. The zero-order chi connectivity index (χ0) is 22.1. The van der Waals surface area contributed by atoms with Crippen molar-refractivity contribution in [2.45, 2.75) is 37.8 Å². The molecule has 162 valence electrons. The summed E-state index contributed by atoms with van der Waals surface area (Å²) in [5.41, 5.74) is -2.10. The highest BCUT2D eigenvalue weighted by Crippen LogP contribution is 2.38. The van der Waals surface area contributed by atoms with Gasteiger partial charge in [-0.2, -0.15) is 26.3 Å². The van der Waals surface area contributed by atoms with E-state index in [0.29, 0.717) is 17.7 Å². The van der Waals surface area contributed by atoms with Gasteiger partial charge >= 0.3 is 12.4 Å². The van der Waals surface area contributed by atoms with Crippen LogP contribution in [0.5, 0.6) is 0 Å². The second-order valence-corrected chi connectivity index (χ2v) is 7.34. The van der Waals surface area contributed by atoms with Gasteiger partial charge in [0.25, 0.3) is 0 Å². The molecule has 0 spiro atoms. The highest BCUT2D eigenvalue weighted by molar-refractivity contribution is 5.82. The van der Waals surface area contributed by atoms with Crippen LogP contribution in [0.3, 0.4) is 0 Å². The number of hydrogen-bond acceptors (Lipinski definition) is 2. The van der Waals surface area contributed by atoms with Gasteiger partial charge in [-0.3, -0.25) is 4.79 Å². The number of rotatable bonds is 4. The van der Waals surface area contributed by atoms with Gasteiger partial charge in [-0.05, 0) is 60.3 Å². The molecule has 2 aromatic rings. The summed E-state index contributed by atoms with van der Waals surface area (Å²) in [5.74, 6) is -0.101. The van der Waals surface area contributed by atoms with Crippen LogP contribution in [-0.4, -0.2) is 30.4 Å². The van der Waals surface area contributed by atoms with Crippen LogP contribution in [0.25, 0.3) is 11.1 Å². The SMILES string of the molecule is CN(Cc1cccc(-c2cc(C(F)(F)F)cc(C(F)(F)F)c2)c1)C(=O)[C@@H]1CCCN1. The van der Waals surface area contributed by atoms with E-state index in [2.05, 4.69) is 5.32 Å². The lowest BCUT2D eigenvalue weighted by molar-refractivity contribution is -0.143. The van der Waals surface area contributed by atoms with Crippen molar-refractivity contribution < 1.29 is 31.1 Å². The highest BCUT2D eigenvalue weighted by Gasteiger charge is 2.37. The van der Waals surface area contributed by atoms with Gasteiger partial charge in [-0.15, -0.1) is 0 Å². The van der Waals surface area contributed by atoms with Crippen molar-refractivity contribution in [2.75, 3.05) is 13.6 Å². The number of hydrogen-bond donors (Lipinski definition) is 1. The number of likely N-dealkylation sites (N-methyl/N-ethyl adjacent to an activating group) is 1. The topological polar surface area (TPSA) is 32.3 Å². The van der Waals surface area contributed by atoms with E-state index in [0.717, 1.165) is 19.4 Å². The van der Waals surface area contributed by atoms with Crippen molar-refractivity contribution in [3.63, 3.8) is 0 Å². The first-order valence-corrected chi connectivity index (χ1v) is 9.32. The average molecular weight is 430 g/mol. The van der Waals surface area contributed by atoms with E-state index in [1.807, 2.05) is 0 Å². The molecule has 0 aliphatic carbocycles. The van der Waals surface area contributed by atoms with Crippen molar-refractivity contribution in [3.8, 4) is 11.1 Å². The molecule has 1 fully saturated rings. The lowest BCUT2D eigenvalue weighted by Gasteiger charge is -2.21. The zero-order valence-electron chi connectivity index (χ0n) is 16.1. The predicted octanol–water partition coefficient (Wildman–Crippen LogP) is 5.10. The number of benzene rings is 2. The van der Waals surface area contributed by atoms with Gasteiger partial charge in [0.05, 0.1) is 17.2 Å². The highest BCUT2D eigenvalue weighted by atomic mass is 19.4. The molecule has 0 unspecified atom stereocenters. The van der Waals surface area contributed by atoms with Crippen LogP contribution in [0.2, 0.25) is 0 Å². The lowest BCUT2D eigenvalue weighted by atomic mass is 9.97. The number of halogens is 6. The van der Waals surface area contributed by atoms with Gasteiger partial charge < -0.3 is 10.2 Å². The molecule has 30 heavy (non-hydrogen) atoms. The van der Waals surface area contributed by atoms with E-state index >= 15 is 0 Å². The molecule has 1 heterocycles. The van der Waals surface area contributed by atoms with Crippen LogP contribution in [-0.2, 0) is 23.7 Å². The smallest absolute Gasteiger partial charge is 0.340 e. The van der Waals surface area contributed by atoms with Crippen LogP contribution in [0.4, 0.5) is 26.3 Å². The molecular formula is C21H20F6N2O. The summed E-state index contributed by atoms with van der Waals surface area (Å²) in [6, 6.07) is 7.40. The molecule has 3 nitrogen and oxygen atoms in total. The molecule has 0 radical (unpaired) electrons. The quantitative estimate of drug-likeness (QED) is 0.685. The third-order valence-corrected chi connectivity index (χ3v) is 5.00. The van der Waals surface area contributed by atoms with E-state index in [-0.39, 0.29) is 35.7 Å². The summed E-state index contributed by atoms with van der Waals surface area (Å²) in [6.07, 6.45) is -8.19.